The van der Waals surface area contributed by atoms with E-state index in [-0.39, 0.29) is 17.9 Å². The second-order valence-electron chi connectivity index (χ2n) is 10.6. The van der Waals surface area contributed by atoms with E-state index in [1.807, 2.05) is 51.1 Å². The summed E-state index contributed by atoms with van der Waals surface area (Å²) in [7, 11) is 0. The molecule has 0 saturated carbocycles. The van der Waals surface area contributed by atoms with Crippen LogP contribution >= 0.6 is 0 Å². The van der Waals surface area contributed by atoms with Crippen molar-refractivity contribution < 1.29 is 27.4 Å². The summed E-state index contributed by atoms with van der Waals surface area (Å²) in [6.45, 7) is 6.67. The Bertz CT molecular complexity index is 1520. The summed E-state index contributed by atoms with van der Waals surface area (Å²) in [4.78, 5) is 22.2. The molecule has 12 heteroatoms. The normalized spacial score (nSPS) is 14.9. The van der Waals surface area contributed by atoms with E-state index in [9.17, 15) is 18.0 Å². The average molecular weight is 555 g/mol. The Morgan fingerprint density at radius 3 is 2.27 bits per heavy atom. The molecule has 1 aromatic carbocycles. The zero-order valence-electron chi connectivity index (χ0n) is 22.3. The number of likely N-dealkylation sites (tertiary alicyclic amines) is 1. The van der Waals surface area contributed by atoms with Gasteiger partial charge >= 0.3 is 12.3 Å². The van der Waals surface area contributed by atoms with Crippen LogP contribution < -0.4 is 10.5 Å². The Balaban J connectivity index is 1.27. The number of pyridine rings is 1. The first-order valence-corrected chi connectivity index (χ1v) is 12.8. The van der Waals surface area contributed by atoms with Gasteiger partial charge in [0, 0.05) is 31.5 Å². The van der Waals surface area contributed by atoms with E-state index in [1.165, 1.54) is 16.8 Å². The number of nitrogens with zero attached hydrogens (tertiary/aromatic N) is 5. The first-order valence-electron chi connectivity index (χ1n) is 12.8. The van der Waals surface area contributed by atoms with Crippen LogP contribution in [-0.4, -0.2) is 55.4 Å². The maximum absolute atomic E-state index is 13.1. The van der Waals surface area contributed by atoms with Gasteiger partial charge in [-0.3, -0.25) is 0 Å². The molecule has 5 rings (SSSR count). The molecule has 4 heterocycles. The second kappa shape index (κ2) is 10.3. The molecule has 2 N–H and O–H groups in total. The van der Waals surface area contributed by atoms with Gasteiger partial charge < -0.3 is 20.1 Å². The summed E-state index contributed by atoms with van der Waals surface area (Å²) >= 11 is 0. The number of hydrogen-bond acceptors (Lipinski definition) is 7. The number of carbonyl (C=O) groups excluding carboxylic acids is 1. The first kappa shape index (κ1) is 27.2. The van der Waals surface area contributed by atoms with Crippen molar-refractivity contribution >= 4 is 17.6 Å². The molecule has 4 aromatic rings. The largest absolute Gasteiger partial charge is 0.490 e. The lowest BCUT2D eigenvalue weighted by molar-refractivity contribution is -0.137. The number of alkyl halides is 3. The lowest BCUT2D eigenvalue weighted by atomic mass is 10.1. The number of fused-ring (bicyclic) bond motifs is 1. The number of benzene rings is 1. The number of nitrogens with two attached hydrogens (primary N) is 1. The average Bonchev–Trinajstić information content (AvgIpc) is 3.31. The van der Waals surface area contributed by atoms with Crippen LogP contribution in [0.4, 0.5) is 23.8 Å². The molecule has 9 nitrogen and oxygen atoms in total. The van der Waals surface area contributed by atoms with Crippen LogP contribution in [0, 0.1) is 0 Å². The molecule has 0 atom stereocenters. The van der Waals surface area contributed by atoms with Gasteiger partial charge in [-0.15, -0.1) is 0 Å². The van der Waals surface area contributed by atoms with Crippen LogP contribution in [0.5, 0.6) is 5.75 Å². The number of nitrogen functional groups attached to an aromatic ring is 1. The van der Waals surface area contributed by atoms with Crippen LogP contribution in [0.15, 0.2) is 54.7 Å². The predicted octanol–water partition coefficient (Wildman–Crippen LogP) is 5.84. The topological polar surface area (TPSA) is 108 Å². The Kier molecular flexibility index (Phi) is 7.03. The minimum atomic E-state index is -4.59. The fraction of sp³-hybridized carbons (Fsp3) is 0.357. The highest BCUT2D eigenvalue weighted by Gasteiger charge is 2.34. The Labute approximate surface area is 228 Å². The third-order valence-corrected chi connectivity index (χ3v) is 6.40. The minimum absolute atomic E-state index is 0.0174. The molecular weight excluding hydrogens is 525 g/mol. The van der Waals surface area contributed by atoms with Gasteiger partial charge in [0.05, 0.1) is 23.1 Å². The van der Waals surface area contributed by atoms with Crippen molar-refractivity contribution in [2.45, 2.75) is 51.5 Å². The smallest absolute Gasteiger partial charge is 0.419 e. The number of amides is 1. The molecule has 0 spiro atoms. The molecule has 1 saturated heterocycles. The van der Waals surface area contributed by atoms with E-state index in [1.54, 1.807) is 11.0 Å². The molecule has 1 aliphatic rings. The molecule has 0 aliphatic carbocycles. The van der Waals surface area contributed by atoms with E-state index < -0.39 is 23.2 Å². The van der Waals surface area contributed by atoms with E-state index in [4.69, 9.17) is 15.2 Å². The molecule has 0 unspecified atom stereocenters. The Hall–Kier alpha value is -4.35. The van der Waals surface area contributed by atoms with Crippen molar-refractivity contribution in [1.29, 1.82) is 0 Å². The summed E-state index contributed by atoms with van der Waals surface area (Å²) in [5, 5.41) is 4.64. The molecule has 210 valence electrons. The van der Waals surface area contributed by atoms with Crippen LogP contribution in [0.2, 0.25) is 0 Å². The minimum Gasteiger partial charge on any atom is -0.490 e. The molecule has 1 amide bonds. The summed E-state index contributed by atoms with van der Waals surface area (Å²) in [5.41, 5.74) is 6.66. The van der Waals surface area contributed by atoms with Crippen molar-refractivity contribution in [2.75, 3.05) is 18.8 Å². The maximum atomic E-state index is 13.1. The van der Waals surface area contributed by atoms with Crippen LogP contribution in [0.25, 0.3) is 28.3 Å². The van der Waals surface area contributed by atoms with Gasteiger partial charge in [0.2, 0.25) is 0 Å². The lowest BCUT2D eigenvalue weighted by Gasteiger charge is -2.33. The first-order chi connectivity index (χ1) is 18.9. The Morgan fingerprint density at radius 2 is 1.65 bits per heavy atom. The summed E-state index contributed by atoms with van der Waals surface area (Å²) < 4.78 is 52.4. The SMILES string of the molecule is CC(C)(C)OC(=O)N1CCC(Oc2ccc(-c3ccc4ncc(-c5ccc(C(F)(F)F)c(N)n5)n4n3)cc2)CC1. The van der Waals surface area contributed by atoms with Crippen molar-refractivity contribution in [1.82, 2.24) is 24.5 Å². The van der Waals surface area contributed by atoms with Gasteiger partial charge in [0.1, 0.15) is 29.0 Å². The quantitative estimate of drug-likeness (QED) is 0.338. The summed E-state index contributed by atoms with van der Waals surface area (Å²) in [6.07, 6.45) is -2.02. The van der Waals surface area contributed by atoms with Crippen LogP contribution in [0.3, 0.4) is 0 Å². The van der Waals surface area contributed by atoms with Gasteiger partial charge in [-0.25, -0.2) is 19.3 Å². The van der Waals surface area contributed by atoms with Crippen molar-refractivity contribution in [3.63, 3.8) is 0 Å². The van der Waals surface area contributed by atoms with E-state index in [0.717, 1.165) is 11.6 Å². The number of aromatic nitrogens is 4. The molecule has 3 aromatic heterocycles. The van der Waals surface area contributed by atoms with Crippen LogP contribution in [0.1, 0.15) is 39.2 Å². The number of carbonyl (C=O) groups is 1. The second-order valence-corrected chi connectivity index (χ2v) is 10.6. The summed E-state index contributed by atoms with van der Waals surface area (Å²) in [5.74, 6) is 0.0931. The summed E-state index contributed by atoms with van der Waals surface area (Å²) in [6, 6.07) is 13.2. The highest BCUT2D eigenvalue weighted by atomic mass is 19.4. The highest BCUT2D eigenvalue weighted by Crippen LogP contribution is 2.34. The molecule has 40 heavy (non-hydrogen) atoms. The lowest BCUT2D eigenvalue weighted by Crippen LogP contribution is -2.44. The zero-order chi connectivity index (χ0) is 28.7. The van der Waals surface area contributed by atoms with Gasteiger partial charge in [-0.2, -0.15) is 18.3 Å². The molecular formula is C28H29F3N6O3. The van der Waals surface area contributed by atoms with Gasteiger partial charge in [-0.1, -0.05) is 0 Å². The fourth-order valence-electron chi connectivity index (χ4n) is 4.44. The Morgan fingerprint density at radius 1 is 0.975 bits per heavy atom. The van der Waals surface area contributed by atoms with Gasteiger partial charge in [-0.05, 0) is 69.3 Å². The predicted molar refractivity (Wildman–Crippen MR) is 143 cm³/mol. The number of ether oxygens (including phenoxy) is 2. The van der Waals surface area contributed by atoms with Crippen molar-refractivity contribution in [2.24, 2.45) is 0 Å². The molecule has 1 fully saturated rings. The number of hydrogen-bond donors (Lipinski definition) is 1. The zero-order valence-corrected chi connectivity index (χ0v) is 22.3. The van der Waals surface area contributed by atoms with Crippen molar-refractivity contribution in [3.8, 4) is 28.4 Å². The third kappa shape index (κ3) is 5.95. The number of rotatable bonds is 4. The molecule has 0 radical (unpaired) electrons. The fourth-order valence-corrected chi connectivity index (χ4v) is 4.44. The highest BCUT2D eigenvalue weighted by molar-refractivity contribution is 5.68. The van der Waals surface area contributed by atoms with E-state index >= 15 is 0 Å². The van der Waals surface area contributed by atoms with E-state index in [0.29, 0.717) is 48.7 Å². The molecule has 0 bridgehead atoms. The van der Waals surface area contributed by atoms with Gasteiger partial charge in [0.15, 0.2) is 5.65 Å². The molecule has 1 aliphatic heterocycles. The van der Waals surface area contributed by atoms with Gasteiger partial charge in [0.25, 0.3) is 0 Å². The maximum Gasteiger partial charge on any atom is 0.419 e. The monoisotopic (exact) mass is 554 g/mol. The number of anilines is 1. The number of imidazole rings is 1. The van der Waals surface area contributed by atoms with Crippen LogP contribution in [-0.2, 0) is 10.9 Å². The van der Waals surface area contributed by atoms with Crippen molar-refractivity contribution in [3.05, 3.63) is 60.3 Å². The number of halogens is 3. The standard InChI is InChI=1S/C28H29F3N6O3/c1-27(2,3)40-26(38)36-14-12-19(13-15-36)39-18-6-4-17(5-7-18)21-10-11-24-33-16-23(37(24)35-21)22-9-8-20(25(32)34-22)28(29,30)31/h4-11,16,19H,12-15H2,1-3H3,(H2,32,34). The van der Waals surface area contributed by atoms with E-state index in [2.05, 4.69) is 15.1 Å². The third-order valence-electron chi connectivity index (χ3n) is 6.40. The number of piperidine rings is 1.